The minimum atomic E-state index is -0.299. The van der Waals surface area contributed by atoms with Gasteiger partial charge < -0.3 is 10.3 Å². The monoisotopic (exact) mass is 270 g/mol. The van der Waals surface area contributed by atoms with E-state index in [0.717, 1.165) is 17.5 Å². The van der Waals surface area contributed by atoms with Crippen molar-refractivity contribution in [2.24, 2.45) is 11.7 Å². The third-order valence-corrected chi connectivity index (χ3v) is 3.26. The zero-order valence-corrected chi connectivity index (χ0v) is 12.3. The summed E-state index contributed by atoms with van der Waals surface area (Å²) in [5.74, 6) is 1.07. The largest absolute Gasteiger partial charge is 0.370 e. The quantitative estimate of drug-likeness (QED) is 0.767. The summed E-state index contributed by atoms with van der Waals surface area (Å²) in [6.45, 7) is 9.43. The minimum Gasteiger partial charge on any atom is -0.370 e. The first-order valence-electron chi connectivity index (χ1n) is 6.27. The molecule has 0 spiro atoms. The molecule has 102 valence electrons. The van der Waals surface area contributed by atoms with Crippen LogP contribution >= 0.6 is 11.8 Å². The molecule has 0 radical (unpaired) electrons. The number of hydrogen-bond donors (Lipinski definition) is 1. The Balaban J connectivity index is 2.87. The number of carbonyl (C=O) groups is 1. The maximum atomic E-state index is 10.9. The number of amides is 1. The summed E-state index contributed by atoms with van der Waals surface area (Å²) >= 11 is 1.70. The van der Waals surface area contributed by atoms with Crippen LogP contribution in [0.3, 0.4) is 0 Å². The smallest absolute Gasteiger partial charge is 0.217 e. The van der Waals surface area contributed by atoms with Crippen LogP contribution in [0.2, 0.25) is 0 Å². The van der Waals surface area contributed by atoms with Gasteiger partial charge in [0, 0.05) is 24.6 Å². The van der Waals surface area contributed by atoms with Gasteiger partial charge in [-0.3, -0.25) is 4.79 Å². The standard InChI is InChI=1S/C12H22N4OS/c1-8(2)7-16-11(6-5-10(13)17)14-15-12(16)18-9(3)4/h8-9H,5-7H2,1-4H3,(H2,13,17). The first-order valence-corrected chi connectivity index (χ1v) is 7.15. The Bertz CT molecular complexity index is 401. The van der Waals surface area contributed by atoms with E-state index in [1.807, 2.05) is 0 Å². The van der Waals surface area contributed by atoms with Crippen molar-refractivity contribution in [2.75, 3.05) is 0 Å². The molecular weight excluding hydrogens is 248 g/mol. The Hall–Kier alpha value is -1.04. The van der Waals surface area contributed by atoms with Gasteiger partial charge in [-0.1, -0.05) is 39.5 Å². The lowest BCUT2D eigenvalue weighted by Crippen LogP contribution is -2.15. The van der Waals surface area contributed by atoms with Gasteiger partial charge in [-0.15, -0.1) is 10.2 Å². The van der Waals surface area contributed by atoms with Crippen LogP contribution in [0.5, 0.6) is 0 Å². The first kappa shape index (κ1) is 15.0. The zero-order valence-electron chi connectivity index (χ0n) is 11.5. The average Bonchev–Trinajstić information content (AvgIpc) is 2.57. The number of aromatic nitrogens is 3. The summed E-state index contributed by atoms with van der Waals surface area (Å²) in [5, 5.41) is 9.78. The van der Waals surface area contributed by atoms with Crippen molar-refractivity contribution in [1.82, 2.24) is 14.8 Å². The van der Waals surface area contributed by atoms with Crippen LogP contribution < -0.4 is 5.73 Å². The molecule has 1 heterocycles. The molecule has 0 bridgehead atoms. The predicted octanol–water partition coefficient (Wildman–Crippen LogP) is 1.85. The lowest BCUT2D eigenvalue weighted by Gasteiger charge is -2.13. The fourth-order valence-electron chi connectivity index (χ4n) is 1.59. The van der Waals surface area contributed by atoms with Gasteiger partial charge >= 0.3 is 0 Å². The topological polar surface area (TPSA) is 73.8 Å². The Kier molecular flexibility index (Phi) is 5.65. The molecule has 0 aliphatic carbocycles. The molecule has 0 unspecified atom stereocenters. The summed E-state index contributed by atoms with van der Waals surface area (Å²) in [6.07, 6.45) is 0.885. The summed E-state index contributed by atoms with van der Waals surface area (Å²) in [5.41, 5.74) is 5.18. The molecular formula is C12H22N4OS. The van der Waals surface area contributed by atoms with Gasteiger partial charge in [-0.05, 0) is 5.92 Å². The Morgan fingerprint density at radius 1 is 1.33 bits per heavy atom. The van der Waals surface area contributed by atoms with E-state index in [1.54, 1.807) is 11.8 Å². The molecule has 1 amide bonds. The van der Waals surface area contributed by atoms with Gasteiger partial charge in [-0.25, -0.2) is 0 Å². The molecule has 18 heavy (non-hydrogen) atoms. The summed E-state index contributed by atoms with van der Waals surface area (Å²) in [4.78, 5) is 10.9. The van der Waals surface area contributed by atoms with Crippen LogP contribution in [0.25, 0.3) is 0 Å². The second kappa shape index (κ2) is 6.78. The molecule has 1 aromatic heterocycles. The summed E-state index contributed by atoms with van der Waals surface area (Å²) < 4.78 is 2.11. The molecule has 0 fully saturated rings. The van der Waals surface area contributed by atoms with Gasteiger partial charge in [0.1, 0.15) is 5.82 Å². The fraction of sp³-hybridized carbons (Fsp3) is 0.750. The van der Waals surface area contributed by atoms with Crippen molar-refractivity contribution in [3.63, 3.8) is 0 Å². The van der Waals surface area contributed by atoms with Crippen molar-refractivity contribution in [1.29, 1.82) is 0 Å². The van der Waals surface area contributed by atoms with E-state index in [4.69, 9.17) is 5.73 Å². The molecule has 1 rings (SSSR count). The SMILES string of the molecule is CC(C)Cn1c(CCC(N)=O)nnc1SC(C)C. The van der Waals surface area contributed by atoms with Crippen LogP contribution in [0, 0.1) is 5.92 Å². The van der Waals surface area contributed by atoms with Crippen molar-refractivity contribution >= 4 is 17.7 Å². The highest BCUT2D eigenvalue weighted by Gasteiger charge is 2.15. The second-order valence-corrected chi connectivity index (χ2v) is 6.58. The van der Waals surface area contributed by atoms with E-state index in [-0.39, 0.29) is 5.91 Å². The van der Waals surface area contributed by atoms with E-state index < -0.39 is 0 Å². The van der Waals surface area contributed by atoms with Crippen molar-refractivity contribution in [3.05, 3.63) is 5.82 Å². The van der Waals surface area contributed by atoms with Crippen molar-refractivity contribution in [3.8, 4) is 0 Å². The number of hydrogen-bond acceptors (Lipinski definition) is 4. The van der Waals surface area contributed by atoms with E-state index in [2.05, 4.69) is 42.5 Å². The van der Waals surface area contributed by atoms with Gasteiger partial charge in [-0.2, -0.15) is 0 Å². The van der Waals surface area contributed by atoms with E-state index in [0.29, 0.717) is 24.0 Å². The predicted molar refractivity (Wildman–Crippen MR) is 73.4 cm³/mol. The Morgan fingerprint density at radius 3 is 2.50 bits per heavy atom. The van der Waals surface area contributed by atoms with Crippen molar-refractivity contribution in [2.45, 2.75) is 57.5 Å². The number of nitrogens with zero attached hydrogens (tertiary/aromatic N) is 3. The number of aryl methyl sites for hydroxylation is 1. The molecule has 0 atom stereocenters. The highest BCUT2D eigenvalue weighted by Crippen LogP contribution is 2.23. The summed E-state index contributed by atoms with van der Waals surface area (Å²) in [6, 6.07) is 0. The lowest BCUT2D eigenvalue weighted by molar-refractivity contribution is -0.118. The fourth-order valence-corrected chi connectivity index (χ4v) is 2.40. The first-order chi connectivity index (χ1) is 8.40. The molecule has 6 heteroatoms. The number of rotatable bonds is 7. The number of nitrogens with two attached hydrogens (primary N) is 1. The molecule has 5 nitrogen and oxygen atoms in total. The number of thioether (sulfide) groups is 1. The van der Waals surface area contributed by atoms with Crippen LogP contribution in [-0.2, 0) is 17.8 Å². The molecule has 0 aliphatic rings. The van der Waals surface area contributed by atoms with Crippen molar-refractivity contribution < 1.29 is 4.79 Å². The highest BCUT2D eigenvalue weighted by molar-refractivity contribution is 7.99. The molecule has 0 aromatic carbocycles. The average molecular weight is 270 g/mol. The second-order valence-electron chi connectivity index (χ2n) is 5.04. The van der Waals surface area contributed by atoms with Gasteiger partial charge in [0.25, 0.3) is 0 Å². The van der Waals surface area contributed by atoms with E-state index >= 15 is 0 Å². The van der Waals surface area contributed by atoms with Gasteiger partial charge in [0.05, 0.1) is 0 Å². The minimum absolute atomic E-state index is 0.299. The van der Waals surface area contributed by atoms with Gasteiger partial charge in [0.15, 0.2) is 5.16 Å². The zero-order chi connectivity index (χ0) is 13.7. The van der Waals surface area contributed by atoms with Crippen LogP contribution in [0.15, 0.2) is 5.16 Å². The lowest BCUT2D eigenvalue weighted by atomic mass is 10.2. The number of primary amides is 1. The normalized spacial score (nSPS) is 11.4. The molecule has 0 saturated carbocycles. The highest BCUT2D eigenvalue weighted by atomic mass is 32.2. The molecule has 0 aliphatic heterocycles. The van der Waals surface area contributed by atoms with E-state index in [9.17, 15) is 4.79 Å². The third-order valence-electron chi connectivity index (χ3n) is 2.28. The molecule has 2 N–H and O–H groups in total. The van der Waals surface area contributed by atoms with E-state index in [1.165, 1.54) is 0 Å². The Labute approximate surface area is 113 Å². The maximum absolute atomic E-state index is 10.9. The Morgan fingerprint density at radius 2 is 2.00 bits per heavy atom. The van der Waals surface area contributed by atoms with Crippen LogP contribution in [0.4, 0.5) is 0 Å². The number of carbonyl (C=O) groups excluding carboxylic acids is 1. The third kappa shape index (κ3) is 4.68. The van der Waals surface area contributed by atoms with Crippen LogP contribution in [-0.4, -0.2) is 25.9 Å². The maximum Gasteiger partial charge on any atom is 0.217 e. The summed E-state index contributed by atoms with van der Waals surface area (Å²) in [7, 11) is 0. The van der Waals surface area contributed by atoms with Gasteiger partial charge in [0.2, 0.25) is 5.91 Å². The molecule has 0 saturated heterocycles. The molecule has 1 aromatic rings. The van der Waals surface area contributed by atoms with Crippen LogP contribution in [0.1, 0.15) is 39.9 Å².